The van der Waals surface area contributed by atoms with Gasteiger partial charge in [0.1, 0.15) is 0 Å². The average Bonchev–Trinajstić information content (AvgIpc) is 2.49. The molecule has 4 rings (SSSR count). The molecule has 1 aromatic rings. The van der Waals surface area contributed by atoms with Crippen LogP contribution in [0.15, 0.2) is 30.3 Å². The van der Waals surface area contributed by atoms with Gasteiger partial charge in [0, 0.05) is 0 Å². The van der Waals surface area contributed by atoms with E-state index in [4.69, 9.17) is 6.42 Å². The summed E-state index contributed by atoms with van der Waals surface area (Å²) in [6.07, 6.45) is 11.6. The molecule has 1 heteroatoms. The molecule has 3 aliphatic carbocycles. The minimum atomic E-state index is 0.580. The van der Waals surface area contributed by atoms with Crippen LogP contribution in [0.2, 0.25) is 0 Å². The van der Waals surface area contributed by atoms with Crippen molar-refractivity contribution in [1.82, 2.24) is 5.32 Å². The zero-order chi connectivity index (χ0) is 14.2. The summed E-state index contributed by atoms with van der Waals surface area (Å²) in [5.41, 5.74) is 1.64. The van der Waals surface area contributed by atoms with Crippen LogP contribution in [0, 0.1) is 41.6 Å². The van der Waals surface area contributed by atoms with E-state index < -0.39 is 0 Å². The molecule has 3 saturated carbocycles. The van der Waals surface area contributed by atoms with Gasteiger partial charge < -0.3 is 0 Å². The fourth-order valence-electron chi connectivity index (χ4n) is 4.06. The molecule has 1 N–H and O–H groups in total. The van der Waals surface area contributed by atoms with Crippen molar-refractivity contribution in [2.24, 2.45) is 23.2 Å². The van der Waals surface area contributed by atoms with Crippen LogP contribution < -0.4 is 5.32 Å². The van der Waals surface area contributed by atoms with Gasteiger partial charge in [0.2, 0.25) is 0 Å². The van der Waals surface area contributed by atoms with Crippen molar-refractivity contribution in [1.29, 1.82) is 0 Å². The summed E-state index contributed by atoms with van der Waals surface area (Å²) < 4.78 is 0. The van der Waals surface area contributed by atoms with E-state index in [1.165, 1.54) is 19.3 Å². The molecule has 104 valence electrons. The molecule has 0 spiro atoms. The van der Waals surface area contributed by atoms with Crippen molar-refractivity contribution in [3.05, 3.63) is 48.4 Å². The Morgan fingerprint density at radius 2 is 1.85 bits per heavy atom. The van der Waals surface area contributed by atoms with Gasteiger partial charge in [-0.15, -0.1) is 0 Å². The Hall–Kier alpha value is -1.17. The molecule has 2 bridgehead atoms. The third-order valence-corrected chi connectivity index (χ3v) is 5.66. The first-order valence-corrected chi connectivity index (χ1v) is 7.70. The average molecular weight is 265 g/mol. The van der Waals surface area contributed by atoms with E-state index in [1.807, 2.05) is 30.3 Å². The number of hydrogen-bond donors (Lipinski definition) is 1. The molecule has 0 aliphatic heterocycles. The van der Waals surface area contributed by atoms with Gasteiger partial charge in [-0.3, -0.25) is 0 Å². The quantitative estimate of drug-likeness (QED) is 0.644. The van der Waals surface area contributed by atoms with Gasteiger partial charge in [-0.05, 0) is 0 Å². The first-order valence-electron chi connectivity index (χ1n) is 7.70. The Labute approximate surface area is 123 Å². The van der Waals surface area contributed by atoms with Gasteiger partial charge in [0.05, 0.1) is 0 Å². The minimum absolute atomic E-state index is 0.580. The van der Waals surface area contributed by atoms with Crippen LogP contribution in [0.25, 0.3) is 0 Å². The van der Waals surface area contributed by atoms with Crippen molar-refractivity contribution in [3.8, 4) is 5.92 Å². The van der Waals surface area contributed by atoms with Crippen LogP contribution in [0.3, 0.4) is 0 Å². The van der Waals surface area contributed by atoms with Gasteiger partial charge in [-0.2, -0.15) is 0 Å². The van der Waals surface area contributed by atoms with Gasteiger partial charge in [0.25, 0.3) is 0 Å². The number of hydrogen-bond acceptors (Lipinski definition) is 1. The third kappa shape index (κ3) is 2.41. The number of fused-ring (bicyclic) bond motifs is 2. The molecule has 0 saturated heterocycles. The molecule has 3 fully saturated rings. The SMILES string of the molecule is [C+]#C[C-](NCC1C[C@@H]2C[C@H](C1)C2(C)C)c1ccccc1. The molecule has 3 atom stereocenters. The van der Waals surface area contributed by atoms with Crippen molar-refractivity contribution in [3.63, 3.8) is 0 Å². The summed E-state index contributed by atoms with van der Waals surface area (Å²) in [5.74, 6) is 5.14. The fourth-order valence-corrected chi connectivity index (χ4v) is 4.06. The topological polar surface area (TPSA) is 12.0 Å². The second-order valence-electron chi connectivity index (χ2n) is 7.04. The Morgan fingerprint density at radius 1 is 1.20 bits per heavy atom. The Morgan fingerprint density at radius 3 is 2.40 bits per heavy atom. The Bertz CT molecular complexity index is 482. The Balaban J connectivity index is 1.54. The van der Waals surface area contributed by atoms with E-state index in [1.54, 1.807) is 0 Å². The van der Waals surface area contributed by atoms with Crippen LogP contribution in [0.5, 0.6) is 0 Å². The molecule has 1 unspecified atom stereocenters. The fraction of sp³-hybridized carbons (Fsp3) is 0.526. The van der Waals surface area contributed by atoms with Gasteiger partial charge >= 0.3 is 122 Å². The van der Waals surface area contributed by atoms with Crippen LogP contribution >= 0.6 is 0 Å². The molecule has 1 nitrogen and oxygen atoms in total. The van der Waals surface area contributed by atoms with E-state index in [0.717, 1.165) is 35.9 Å². The van der Waals surface area contributed by atoms with Crippen molar-refractivity contribution in [2.45, 2.75) is 33.1 Å². The van der Waals surface area contributed by atoms with E-state index in [0.29, 0.717) is 5.41 Å². The molecule has 0 amide bonds. The second kappa shape index (κ2) is 5.31. The summed E-state index contributed by atoms with van der Waals surface area (Å²) in [6, 6.07) is 10.9. The van der Waals surface area contributed by atoms with Crippen LogP contribution in [0.4, 0.5) is 0 Å². The molecule has 0 radical (unpaired) electrons. The van der Waals surface area contributed by atoms with Crippen LogP contribution in [0.1, 0.15) is 38.7 Å². The summed E-state index contributed by atoms with van der Waals surface area (Å²) in [7, 11) is 0. The first kappa shape index (κ1) is 13.8. The summed E-state index contributed by atoms with van der Waals surface area (Å²) in [5, 5.41) is 3.44. The molecular formula is C19H23N. The summed E-state index contributed by atoms with van der Waals surface area (Å²) in [6.45, 7) is 5.85. The predicted octanol–water partition coefficient (Wildman–Crippen LogP) is 3.82. The number of nitrogens with one attached hydrogen (secondary N) is 1. The van der Waals surface area contributed by atoms with Crippen LogP contribution in [-0.2, 0) is 0 Å². The summed E-state index contributed by atoms with van der Waals surface area (Å²) in [4.78, 5) is 0. The van der Waals surface area contributed by atoms with Crippen molar-refractivity contribution < 1.29 is 0 Å². The van der Waals surface area contributed by atoms with Crippen molar-refractivity contribution >= 4 is 0 Å². The van der Waals surface area contributed by atoms with E-state index in [-0.39, 0.29) is 0 Å². The standard InChI is InChI=1S/C19H23N/c1-4-18(15-8-6-5-7-9-15)20-13-14-10-16-12-17(11-14)19(16,2)3/h5-9,14,16-17,20H,10-13H2,2-3H3/t14?,16-,17+. The van der Waals surface area contributed by atoms with E-state index in [2.05, 4.69) is 25.1 Å². The third-order valence-electron chi connectivity index (χ3n) is 5.66. The van der Waals surface area contributed by atoms with Crippen molar-refractivity contribution in [2.75, 3.05) is 6.54 Å². The van der Waals surface area contributed by atoms with Gasteiger partial charge in [-0.1, -0.05) is 0 Å². The summed E-state index contributed by atoms with van der Waals surface area (Å²) >= 11 is 0. The number of rotatable bonds is 4. The monoisotopic (exact) mass is 265 g/mol. The first-order chi connectivity index (χ1) is 9.61. The van der Waals surface area contributed by atoms with Gasteiger partial charge in [-0.25, -0.2) is 0 Å². The zero-order valence-corrected chi connectivity index (χ0v) is 12.4. The second-order valence-corrected chi connectivity index (χ2v) is 7.04. The zero-order valence-electron chi connectivity index (χ0n) is 12.4. The number of benzene rings is 1. The van der Waals surface area contributed by atoms with E-state index in [9.17, 15) is 0 Å². The van der Waals surface area contributed by atoms with Gasteiger partial charge in [0.15, 0.2) is 0 Å². The molecule has 3 aliphatic rings. The maximum absolute atomic E-state index is 7.48. The maximum atomic E-state index is 7.48. The molecule has 20 heavy (non-hydrogen) atoms. The Kier molecular flexibility index (Phi) is 3.67. The van der Waals surface area contributed by atoms with E-state index >= 15 is 0 Å². The molecule has 1 aromatic carbocycles. The van der Waals surface area contributed by atoms with Crippen LogP contribution in [-0.4, -0.2) is 6.54 Å². The normalized spacial score (nSPS) is 30.3. The predicted molar refractivity (Wildman–Crippen MR) is 82.0 cm³/mol. The molecule has 0 aromatic heterocycles. The molecule has 0 heterocycles. The molecular weight excluding hydrogens is 242 g/mol.